The first-order valence-electron chi connectivity index (χ1n) is 24.9. The largest absolute Gasteiger partial charge is 0.307 e. The van der Waals surface area contributed by atoms with Gasteiger partial charge in [0.15, 0.2) is 17.5 Å². The minimum absolute atomic E-state index is 0.133. The van der Waals surface area contributed by atoms with Gasteiger partial charge < -0.3 is 4.57 Å². The zero-order chi connectivity index (χ0) is 49.1. The van der Waals surface area contributed by atoms with Crippen LogP contribution < -0.4 is 0 Å². The summed E-state index contributed by atoms with van der Waals surface area (Å²) < 4.78 is 2.56. The van der Waals surface area contributed by atoms with E-state index >= 15 is 0 Å². The lowest BCUT2D eigenvalue weighted by molar-refractivity contribution is 0.868. The number of benzene rings is 10. The van der Waals surface area contributed by atoms with Crippen LogP contribution in [0.3, 0.4) is 0 Å². The third kappa shape index (κ3) is 8.55. The van der Waals surface area contributed by atoms with E-state index in [0.717, 1.165) is 95.5 Å². The summed E-state index contributed by atoms with van der Waals surface area (Å²) in [7, 11) is 0. The van der Waals surface area contributed by atoms with Gasteiger partial charge in [0.2, 0.25) is 0 Å². The molecule has 0 bridgehead atoms. The van der Waals surface area contributed by atoms with Crippen LogP contribution in [-0.2, 0) is 0 Å². The van der Waals surface area contributed by atoms with Crippen molar-refractivity contribution < 1.29 is 0 Å². The van der Waals surface area contributed by atoms with Crippen molar-refractivity contribution in [1.29, 1.82) is 0 Å². The van der Waals surface area contributed by atoms with Crippen LogP contribution in [0.25, 0.3) is 117 Å². The molecule has 0 aliphatic rings. The SMILES string of the molecule is C=CCC(C=C)c1ccc(-c2cc(-c3nc(-c4ccccc4)nc(-c4ccccc4)n3)cc(-c3ccc(-c4ccccc4)cc3)c2-n2c3c(-c4ccccc4)cccc3c3cccc(-c4ccccc4)c32)cc1. The van der Waals surface area contributed by atoms with Crippen molar-refractivity contribution >= 4 is 21.8 Å². The zero-order valence-corrected chi connectivity index (χ0v) is 40.3. The van der Waals surface area contributed by atoms with Crippen LogP contribution >= 0.6 is 0 Å². The second-order valence-corrected chi connectivity index (χ2v) is 18.4. The first-order chi connectivity index (χ1) is 36.1. The van der Waals surface area contributed by atoms with Crippen LogP contribution in [0, 0.1) is 0 Å². The number of allylic oxidation sites excluding steroid dienone is 2. The number of hydrogen-bond donors (Lipinski definition) is 0. The first kappa shape index (κ1) is 44.7. The highest BCUT2D eigenvalue weighted by Crippen LogP contribution is 2.48. The average molecular weight is 935 g/mol. The van der Waals surface area contributed by atoms with E-state index in [0.29, 0.717) is 17.5 Å². The molecule has 2 heterocycles. The van der Waals surface area contributed by atoms with E-state index in [2.05, 4.69) is 230 Å². The summed E-state index contributed by atoms with van der Waals surface area (Å²) in [5.41, 5.74) is 18.2. The van der Waals surface area contributed by atoms with E-state index in [1.54, 1.807) is 0 Å². The second kappa shape index (κ2) is 19.7. The van der Waals surface area contributed by atoms with Gasteiger partial charge in [-0.15, -0.1) is 13.2 Å². The fourth-order valence-corrected chi connectivity index (χ4v) is 10.4. The molecular weight excluding hydrogens is 885 g/mol. The molecule has 0 saturated heterocycles. The quantitative estimate of drug-likeness (QED) is 0.108. The minimum Gasteiger partial charge on any atom is -0.307 e. The molecule has 0 N–H and O–H groups in total. The van der Waals surface area contributed by atoms with Gasteiger partial charge in [0.05, 0.1) is 16.7 Å². The Kier molecular flexibility index (Phi) is 12.1. The van der Waals surface area contributed by atoms with Gasteiger partial charge in [-0.2, -0.15) is 0 Å². The molecule has 0 aliphatic carbocycles. The molecular formula is C69H50N4. The molecule has 0 aliphatic heterocycles. The van der Waals surface area contributed by atoms with E-state index < -0.39 is 0 Å². The Bertz CT molecular complexity index is 3770. The van der Waals surface area contributed by atoms with Crippen LogP contribution in [0.5, 0.6) is 0 Å². The lowest BCUT2D eigenvalue weighted by Crippen LogP contribution is -2.05. The van der Waals surface area contributed by atoms with Gasteiger partial charge >= 0.3 is 0 Å². The Morgan fingerprint density at radius 3 is 1.12 bits per heavy atom. The van der Waals surface area contributed by atoms with Crippen LogP contribution in [0.4, 0.5) is 0 Å². The maximum atomic E-state index is 5.34. The molecule has 12 aromatic rings. The number of nitrogens with zero attached hydrogens (tertiary/aromatic N) is 4. The van der Waals surface area contributed by atoms with Gasteiger partial charge in [0, 0.05) is 55.6 Å². The summed E-state index contributed by atoms with van der Waals surface area (Å²) in [6.45, 7) is 8.28. The van der Waals surface area contributed by atoms with Crippen molar-refractivity contribution in [2.24, 2.45) is 0 Å². The van der Waals surface area contributed by atoms with Crippen molar-refractivity contribution in [2.75, 3.05) is 0 Å². The summed E-state index contributed by atoms with van der Waals surface area (Å²) in [4.78, 5) is 15.8. The predicted molar refractivity (Wildman–Crippen MR) is 305 cm³/mol. The smallest absolute Gasteiger partial charge is 0.164 e. The Labute approximate surface area is 426 Å². The fourth-order valence-electron chi connectivity index (χ4n) is 10.4. The van der Waals surface area contributed by atoms with Gasteiger partial charge in [0.25, 0.3) is 0 Å². The first-order valence-corrected chi connectivity index (χ1v) is 24.9. The van der Waals surface area contributed by atoms with Gasteiger partial charge in [-0.05, 0) is 57.5 Å². The number of rotatable bonds is 13. The van der Waals surface area contributed by atoms with Gasteiger partial charge in [-0.1, -0.05) is 249 Å². The molecule has 1 unspecified atom stereocenters. The number of fused-ring (bicyclic) bond motifs is 3. The molecule has 2 aromatic heterocycles. The van der Waals surface area contributed by atoms with Gasteiger partial charge in [-0.25, -0.2) is 15.0 Å². The minimum atomic E-state index is 0.133. The molecule has 73 heavy (non-hydrogen) atoms. The summed E-state index contributed by atoms with van der Waals surface area (Å²) >= 11 is 0. The van der Waals surface area contributed by atoms with Gasteiger partial charge in [0.1, 0.15) is 0 Å². The van der Waals surface area contributed by atoms with Crippen molar-refractivity contribution in [3.05, 3.63) is 280 Å². The van der Waals surface area contributed by atoms with Gasteiger partial charge in [-0.3, -0.25) is 0 Å². The number of para-hydroxylation sites is 2. The third-order valence-electron chi connectivity index (χ3n) is 13.9. The molecule has 346 valence electrons. The molecule has 0 spiro atoms. The number of aromatic nitrogens is 4. The highest BCUT2D eigenvalue weighted by Gasteiger charge is 2.26. The Morgan fingerprint density at radius 1 is 0.342 bits per heavy atom. The van der Waals surface area contributed by atoms with E-state index in [1.165, 1.54) is 16.3 Å². The molecule has 12 rings (SSSR count). The molecule has 4 heteroatoms. The Balaban J connectivity index is 1.25. The van der Waals surface area contributed by atoms with Crippen LogP contribution in [0.1, 0.15) is 17.9 Å². The average Bonchev–Trinajstić information content (AvgIpc) is 3.82. The highest BCUT2D eigenvalue weighted by atomic mass is 15.0. The molecule has 0 fully saturated rings. The Morgan fingerprint density at radius 2 is 0.699 bits per heavy atom. The molecule has 1 atom stereocenters. The summed E-state index contributed by atoms with van der Waals surface area (Å²) in [5.74, 6) is 1.92. The van der Waals surface area contributed by atoms with Crippen molar-refractivity contribution in [3.63, 3.8) is 0 Å². The molecule has 0 saturated carbocycles. The van der Waals surface area contributed by atoms with Crippen LogP contribution in [0.2, 0.25) is 0 Å². The van der Waals surface area contributed by atoms with Crippen LogP contribution in [0.15, 0.2) is 274 Å². The van der Waals surface area contributed by atoms with E-state index in [9.17, 15) is 0 Å². The molecule has 0 radical (unpaired) electrons. The topological polar surface area (TPSA) is 43.6 Å². The normalized spacial score (nSPS) is 11.7. The second-order valence-electron chi connectivity index (χ2n) is 18.4. The lowest BCUT2D eigenvalue weighted by Gasteiger charge is -2.23. The van der Waals surface area contributed by atoms with Crippen LogP contribution in [-0.4, -0.2) is 19.5 Å². The highest BCUT2D eigenvalue weighted by molar-refractivity contribution is 6.18. The summed E-state index contributed by atoms with van der Waals surface area (Å²) in [6.07, 6.45) is 4.78. The van der Waals surface area contributed by atoms with E-state index in [1.807, 2.05) is 48.6 Å². The zero-order valence-electron chi connectivity index (χ0n) is 40.3. The molecule has 0 amide bonds. The maximum absolute atomic E-state index is 5.34. The third-order valence-corrected chi connectivity index (χ3v) is 13.9. The van der Waals surface area contributed by atoms with E-state index in [4.69, 9.17) is 15.0 Å². The molecule has 10 aromatic carbocycles. The lowest BCUT2D eigenvalue weighted by atomic mass is 9.89. The van der Waals surface area contributed by atoms with Crippen molar-refractivity contribution in [1.82, 2.24) is 19.5 Å². The Hall–Kier alpha value is -9.51. The predicted octanol–water partition coefficient (Wildman–Crippen LogP) is 18.2. The van der Waals surface area contributed by atoms with E-state index in [-0.39, 0.29) is 5.92 Å². The maximum Gasteiger partial charge on any atom is 0.164 e. The van der Waals surface area contributed by atoms with Crippen molar-refractivity contribution in [2.45, 2.75) is 12.3 Å². The summed E-state index contributed by atoms with van der Waals surface area (Å²) in [5, 5.41) is 2.33. The number of hydrogen-bond acceptors (Lipinski definition) is 3. The molecule has 4 nitrogen and oxygen atoms in total. The standard InChI is InChI=1S/C69H50N4/c1-3-22-47(4-2)49-37-41-53(42-38-49)62-45-57(69-71-67(55-29-16-8-17-30-55)70-68(72-69)56-31-18-9-19-32-56)46-63(54-43-39-50(40-44-54)48-23-10-5-11-24-48)66(62)73-64-58(51-25-12-6-13-26-51)33-20-35-60(64)61-36-21-34-59(65(61)73)52-27-14-7-15-28-52/h3-21,23-47H,1-2,22H2. The summed E-state index contributed by atoms with van der Waals surface area (Å²) in [6, 6.07) is 88.7. The van der Waals surface area contributed by atoms with Crippen molar-refractivity contribution in [3.8, 4) is 95.5 Å². The fraction of sp³-hybridized carbons (Fsp3) is 0.0290. The monoisotopic (exact) mass is 934 g/mol.